The number of hydrogen-bond donors (Lipinski definition) is 1. The minimum absolute atomic E-state index is 0.719. The van der Waals surface area contributed by atoms with E-state index in [0.717, 1.165) is 53.9 Å². The second kappa shape index (κ2) is 4.13. The van der Waals surface area contributed by atoms with Crippen molar-refractivity contribution < 1.29 is 9.52 Å². The SMILES string of the molecule is Cc1cccc2cc(C3(O)CCC(C)CC3)oc12. The number of aryl methyl sites for hydroxylation is 1. The number of benzene rings is 1. The molecule has 0 aliphatic heterocycles. The molecule has 2 aromatic rings. The van der Waals surface area contributed by atoms with Crippen LogP contribution in [-0.2, 0) is 5.60 Å². The van der Waals surface area contributed by atoms with E-state index in [0.29, 0.717) is 0 Å². The third kappa shape index (κ3) is 1.85. The molecule has 1 aliphatic rings. The third-order valence-electron chi connectivity index (χ3n) is 4.30. The lowest BCUT2D eigenvalue weighted by Gasteiger charge is -2.33. The molecule has 0 bridgehead atoms. The molecule has 0 unspecified atom stereocenters. The molecule has 3 rings (SSSR count). The second-order valence-corrected chi connectivity index (χ2v) is 5.82. The summed E-state index contributed by atoms with van der Waals surface area (Å²) in [6, 6.07) is 8.13. The normalized spacial score (nSPS) is 28.7. The molecule has 0 amide bonds. The minimum Gasteiger partial charge on any atom is -0.458 e. The molecule has 96 valence electrons. The number of para-hydroxylation sites is 1. The van der Waals surface area contributed by atoms with E-state index >= 15 is 0 Å². The summed E-state index contributed by atoms with van der Waals surface area (Å²) in [6.07, 6.45) is 3.78. The van der Waals surface area contributed by atoms with Crippen molar-refractivity contribution >= 4 is 11.0 Å². The van der Waals surface area contributed by atoms with Crippen LogP contribution in [0.25, 0.3) is 11.0 Å². The lowest BCUT2D eigenvalue weighted by atomic mass is 9.78. The number of furan rings is 1. The van der Waals surface area contributed by atoms with Crippen molar-refractivity contribution in [3.05, 3.63) is 35.6 Å². The van der Waals surface area contributed by atoms with Crippen LogP contribution in [0, 0.1) is 12.8 Å². The summed E-state index contributed by atoms with van der Waals surface area (Å²) >= 11 is 0. The molecule has 0 atom stereocenters. The molecule has 1 aromatic carbocycles. The van der Waals surface area contributed by atoms with E-state index in [-0.39, 0.29) is 0 Å². The van der Waals surface area contributed by atoms with Gasteiger partial charge in [0.15, 0.2) is 0 Å². The first kappa shape index (κ1) is 11.8. The van der Waals surface area contributed by atoms with Crippen molar-refractivity contribution in [1.29, 1.82) is 0 Å². The van der Waals surface area contributed by atoms with E-state index in [4.69, 9.17) is 4.42 Å². The largest absolute Gasteiger partial charge is 0.458 e. The maximum Gasteiger partial charge on any atom is 0.137 e. The van der Waals surface area contributed by atoms with Crippen molar-refractivity contribution in [2.75, 3.05) is 0 Å². The van der Waals surface area contributed by atoms with E-state index in [1.807, 2.05) is 31.2 Å². The van der Waals surface area contributed by atoms with E-state index < -0.39 is 5.60 Å². The zero-order valence-corrected chi connectivity index (χ0v) is 11.1. The van der Waals surface area contributed by atoms with E-state index in [9.17, 15) is 5.11 Å². The lowest BCUT2D eigenvalue weighted by molar-refractivity contribution is -0.0289. The quantitative estimate of drug-likeness (QED) is 0.818. The van der Waals surface area contributed by atoms with E-state index in [1.54, 1.807) is 0 Å². The van der Waals surface area contributed by atoms with Crippen molar-refractivity contribution in [3.63, 3.8) is 0 Å². The summed E-state index contributed by atoms with van der Waals surface area (Å²) < 4.78 is 5.93. The summed E-state index contributed by atoms with van der Waals surface area (Å²) in [5.74, 6) is 1.47. The molecule has 1 heterocycles. The molecule has 0 radical (unpaired) electrons. The highest BCUT2D eigenvalue weighted by Gasteiger charge is 2.36. The van der Waals surface area contributed by atoms with Crippen LogP contribution in [0.1, 0.15) is 43.9 Å². The monoisotopic (exact) mass is 244 g/mol. The summed E-state index contributed by atoms with van der Waals surface area (Å²) in [4.78, 5) is 0. The van der Waals surface area contributed by atoms with Gasteiger partial charge >= 0.3 is 0 Å². The van der Waals surface area contributed by atoms with Gasteiger partial charge in [0.2, 0.25) is 0 Å². The van der Waals surface area contributed by atoms with Gasteiger partial charge in [0.05, 0.1) is 0 Å². The van der Waals surface area contributed by atoms with Crippen LogP contribution in [-0.4, -0.2) is 5.11 Å². The van der Waals surface area contributed by atoms with E-state index in [1.165, 1.54) is 0 Å². The fourth-order valence-corrected chi connectivity index (χ4v) is 2.92. The van der Waals surface area contributed by atoms with Gasteiger partial charge in [0.1, 0.15) is 16.9 Å². The fourth-order valence-electron chi connectivity index (χ4n) is 2.92. The topological polar surface area (TPSA) is 33.4 Å². The fraction of sp³-hybridized carbons (Fsp3) is 0.500. The first-order valence-electron chi connectivity index (χ1n) is 6.80. The van der Waals surface area contributed by atoms with Gasteiger partial charge in [-0.3, -0.25) is 0 Å². The zero-order valence-electron chi connectivity index (χ0n) is 11.1. The molecule has 2 heteroatoms. The number of aliphatic hydroxyl groups is 1. The molecule has 1 aliphatic carbocycles. The average molecular weight is 244 g/mol. The van der Waals surface area contributed by atoms with Gasteiger partial charge < -0.3 is 9.52 Å². The molecular formula is C16H20O2. The molecule has 0 spiro atoms. The van der Waals surface area contributed by atoms with Crippen molar-refractivity contribution in [2.24, 2.45) is 5.92 Å². The molecule has 18 heavy (non-hydrogen) atoms. The summed E-state index contributed by atoms with van der Waals surface area (Å²) in [5, 5.41) is 11.9. The highest BCUT2D eigenvalue weighted by Crippen LogP contribution is 2.41. The third-order valence-corrected chi connectivity index (χ3v) is 4.30. The Morgan fingerprint density at radius 2 is 2.00 bits per heavy atom. The first-order valence-corrected chi connectivity index (χ1v) is 6.80. The summed E-state index contributed by atoms with van der Waals surface area (Å²) in [5.41, 5.74) is 1.30. The van der Waals surface area contributed by atoms with Gasteiger partial charge in [-0.1, -0.05) is 25.1 Å². The molecule has 0 saturated heterocycles. The maximum atomic E-state index is 10.8. The van der Waals surface area contributed by atoms with Gasteiger partial charge in [0, 0.05) is 5.39 Å². The van der Waals surface area contributed by atoms with Gasteiger partial charge in [-0.15, -0.1) is 0 Å². The van der Waals surface area contributed by atoms with Crippen LogP contribution in [0.4, 0.5) is 0 Å². The van der Waals surface area contributed by atoms with Gasteiger partial charge in [0.25, 0.3) is 0 Å². The van der Waals surface area contributed by atoms with Crippen molar-refractivity contribution in [3.8, 4) is 0 Å². The summed E-state index contributed by atoms with van der Waals surface area (Å²) in [7, 11) is 0. The van der Waals surface area contributed by atoms with Crippen LogP contribution < -0.4 is 0 Å². The standard InChI is InChI=1S/C16H20O2/c1-11-6-8-16(17,9-7-11)14-10-13-5-3-4-12(2)15(13)18-14/h3-5,10-11,17H,6-9H2,1-2H3. The van der Waals surface area contributed by atoms with Crippen LogP contribution >= 0.6 is 0 Å². The highest BCUT2D eigenvalue weighted by molar-refractivity contribution is 5.81. The first-order chi connectivity index (χ1) is 8.58. The van der Waals surface area contributed by atoms with Crippen LogP contribution in [0.5, 0.6) is 0 Å². The zero-order chi connectivity index (χ0) is 12.8. The number of hydrogen-bond acceptors (Lipinski definition) is 2. The van der Waals surface area contributed by atoms with Crippen LogP contribution in [0.3, 0.4) is 0 Å². The predicted molar refractivity (Wildman–Crippen MR) is 72.5 cm³/mol. The van der Waals surface area contributed by atoms with E-state index in [2.05, 4.69) is 6.92 Å². The Morgan fingerprint density at radius 1 is 1.28 bits per heavy atom. The number of fused-ring (bicyclic) bond motifs is 1. The summed E-state index contributed by atoms with van der Waals surface area (Å²) in [6.45, 7) is 4.30. The molecule has 1 saturated carbocycles. The lowest BCUT2D eigenvalue weighted by Crippen LogP contribution is -2.30. The van der Waals surface area contributed by atoms with Crippen molar-refractivity contribution in [2.45, 2.75) is 45.1 Å². The predicted octanol–water partition coefficient (Wildman–Crippen LogP) is 4.14. The molecule has 1 aromatic heterocycles. The Morgan fingerprint density at radius 3 is 2.67 bits per heavy atom. The second-order valence-electron chi connectivity index (χ2n) is 5.82. The average Bonchev–Trinajstić information content (AvgIpc) is 2.79. The molecular weight excluding hydrogens is 224 g/mol. The van der Waals surface area contributed by atoms with Gasteiger partial charge in [-0.2, -0.15) is 0 Å². The van der Waals surface area contributed by atoms with Gasteiger partial charge in [-0.25, -0.2) is 0 Å². The van der Waals surface area contributed by atoms with Crippen molar-refractivity contribution in [1.82, 2.24) is 0 Å². The Labute approximate surface area is 108 Å². The van der Waals surface area contributed by atoms with Crippen LogP contribution in [0.2, 0.25) is 0 Å². The highest BCUT2D eigenvalue weighted by atomic mass is 16.4. The Kier molecular flexibility index (Phi) is 2.70. The minimum atomic E-state index is -0.752. The molecule has 1 fully saturated rings. The molecule has 1 N–H and O–H groups in total. The van der Waals surface area contributed by atoms with Gasteiger partial charge in [-0.05, 0) is 50.2 Å². The Balaban J connectivity index is 2.01. The van der Waals surface area contributed by atoms with Crippen LogP contribution in [0.15, 0.2) is 28.7 Å². The molecule has 2 nitrogen and oxygen atoms in total. The number of rotatable bonds is 1. The Hall–Kier alpha value is -1.28. The smallest absolute Gasteiger partial charge is 0.137 e. The maximum absolute atomic E-state index is 10.8. The Bertz CT molecular complexity index is 559.